The molecule has 0 spiro atoms. The summed E-state index contributed by atoms with van der Waals surface area (Å²) in [5, 5.41) is 12.6. The maximum atomic E-state index is 13.3. The number of anilines is 1. The largest absolute Gasteiger partial charge is 0.454 e. The lowest BCUT2D eigenvalue weighted by atomic mass is 10.0. The predicted octanol–water partition coefficient (Wildman–Crippen LogP) is 4.30. The lowest BCUT2D eigenvalue weighted by Gasteiger charge is -2.28. The summed E-state index contributed by atoms with van der Waals surface area (Å²) in [6, 6.07) is 21.9. The molecule has 0 aliphatic carbocycles. The summed E-state index contributed by atoms with van der Waals surface area (Å²) in [6.45, 7) is 1.37. The van der Waals surface area contributed by atoms with Crippen molar-refractivity contribution in [3.63, 3.8) is 0 Å². The average molecular weight is 515 g/mol. The number of rotatable bonds is 6. The molecule has 1 aromatic heterocycles. The van der Waals surface area contributed by atoms with E-state index in [9.17, 15) is 13.7 Å². The first-order valence-corrected chi connectivity index (χ1v) is 13.2. The fourth-order valence-corrected chi connectivity index (χ4v) is 5.88. The van der Waals surface area contributed by atoms with Gasteiger partial charge in [0.2, 0.25) is 34.3 Å². The van der Waals surface area contributed by atoms with E-state index in [0.717, 1.165) is 11.1 Å². The second-order valence-corrected chi connectivity index (χ2v) is 10.7. The van der Waals surface area contributed by atoms with Crippen LogP contribution in [0.5, 0.6) is 11.5 Å². The molecule has 6 rings (SSSR count). The van der Waals surface area contributed by atoms with Crippen molar-refractivity contribution in [2.75, 3.05) is 18.7 Å². The van der Waals surface area contributed by atoms with Gasteiger partial charge in [-0.1, -0.05) is 30.3 Å². The molecule has 2 aliphatic heterocycles. The van der Waals surface area contributed by atoms with Gasteiger partial charge >= 0.3 is 0 Å². The topological polar surface area (TPSA) is 118 Å². The number of hydrogen-bond acceptors (Lipinski definition) is 8. The first-order chi connectivity index (χ1) is 18.0. The standard InChI is InChI=1S/C27H22N4O5S/c28-14-23-27(29-15-18-5-10-24-25(13-18)35-17-34-24)36-26(30-23)20-6-8-22(9-7-20)37(32,33)31-12-11-19-3-1-2-4-21(19)16-31/h1-10,13,29H,11-12,15-17H2. The second-order valence-electron chi connectivity index (χ2n) is 8.73. The van der Waals surface area contributed by atoms with E-state index in [1.165, 1.54) is 9.87 Å². The van der Waals surface area contributed by atoms with E-state index in [4.69, 9.17) is 13.9 Å². The van der Waals surface area contributed by atoms with Gasteiger partial charge in [-0.3, -0.25) is 0 Å². The lowest BCUT2D eigenvalue weighted by molar-refractivity contribution is 0.174. The molecule has 0 bridgehead atoms. The highest BCUT2D eigenvalue weighted by atomic mass is 32.2. The quantitative estimate of drug-likeness (QED) is 0.405. The van der Waals surface area contributed by atoms with Crippen LogP contribution in [-0.4, -0.2) is 31.0 Å². The van der Waals surface area contributed by atoms with Gasteiger partial charge < -0.3 is 19.2 Å². The van der Waals surface area contributed by atoms with Crippen molar-refractivity contribution in [1.82, 2.24) is 9.29 Å². The van der Waals surface area contributed by atoms with Crippen molar-refractivity contribution in [2.45, 2.75) is 24.4 Å². The molecule has 2 aliphatic rings. The fraction of sp³-hybridized carbons (Fsp3) is 0.185. The van der Waals surface area contributed by atoms with E-state index >= 15 is 0 Å². The molecule has 4 aromatic rings. The molecule has 37 heavy (non-hydrogen) atoms. The zero-order valence-electron chi connectivity index (χ0n) is 19.7. The number of nitrogens with zero attached hydrogens (tertiary/aromatic N) is 3. The summed E-state index contributed by atoms with van der Waals surface area (Å²) in [4.78, 5) is 4.48. The average Bonchev–Trinajstić information content (AvgIpc) is 3.58. The third-order valence-corrected chi connectivity index (χ3v) is 8.32. The zero-order valence-corrected chi connectivity index (χ0v) is 20.5. The SMILES string of the molecule is N#Cc1nc(-c2ccc(S(=O)(=O)N3CCc4ccccc4C3)cc2)oc1NCc1ccc2c(c1)OCO2. The number of aromatic nitrogens is 1. The zero-order chi connectivity index (χ0) is 25.4. The molecule has 1 N–H and O–H groups in total. The van der Waals surface area contributed by atoms with Crippen LogP contribution in [0.25, 0.3) is 11.5 Å². The summed E-state index contributed by atoms with van der Waals surface area (Å²) >= 11 is 0. The van der Waals surface area contributed by atoms with Crippen LogP contribution in [0.3, 0.4) is 0 Å². The molecule has 3 heterocycles. The molecule has 0 fully saturated rings. The van der Waals surface area contributed by atoms with E-state index in [2.05, 4.69) is 10.3 Å². The van der Waals surface area contributed by atoms with Crippen LogP contribution in [0.1, 0.15) is 22.4 Å². The number of benzene rings is 3. The van der Waals surface area contributed by atoms with E-state index in [0.29, 0.717) is 43.1 Å². The fourth-order valence-electron chi connectivity index (χ4n) is 4.47. The highest BCUT2D eigenvalue weighted by molar-refractivity contribution is 7.89. The molecule has 0 unspecified atom stereocenters. The first-order valence-electron chi connectivity index (χ1n) is 11.7. The van der Waals surface area contributed by atoms with Crippen LogP contribution in [0.2, 0.25) is 0 Å². The van der Waals surface area contributed by atoms with Gasteiger partial charge in [0, 0.05) is 25.2 Å². The Kier molecular flexibility index (Phi) is 5.79. The molecular weight excluding hydrogens is 492 g/mol. The number of ether oxygens (including phenoxy) is 2. The highest BCUT2D eigenvalue weighted by Crippen LogP contribution is 2.33. The number of nitriles is 1. The molecule has 0 radical (unpaired) electrons. The minimum Gasteiger partial charge on any atom is -0.454 e. The van der Waals surface area contributed by atoms with E-state index in [1.54, 1.807) is 24.3 Å². The van der Waals surface area contributed by atoms with E-state index < -0.39 is 10.0 Å². The minimum absolute atomic E-state index is 0.111. The molecule has 10 heteroatoms. The third kappa shape index (κ3) is 4.39. The predicted molar refractivity (Wildman–Crippen MR) is 134 cm³/mol. The van der Waals surface area contributed by atoms with Gasteiger partial charge in [-0.15, -0.1) is 0 Å². The van der Waals surface area contributed by atoms with Crippen LogP contribution in [0, 0.1) is 11.3 Å². The summed E-state index contributed by atoms with van der Waals surface area (Å²) in [7, 11) is -3.66. The van der Waals surface area contributed by atoms with Crippen molar-refractivity contribution < 1.29 is 22.3 Å². The Labute approximate surface area is 213 Å². The summed E-state index contributed by atoms with van der Waals surface area (Å²) in [5.74, 6) is 1.82. The van der Waals surface area contributed by atoms with Crippen molar-refractivity contribution >= 4 is 15.9 Å². The van der Waals surface area contributed by atoms with Crippen LogP contribution in [-0.2, 0) is 29.5 Å². The van der Waals surface area contributed by atoms with Crippen molar-refractivity contribution in [3.8, 4) is 29.0 Å². The third-order valence-electron chi connectivity index (χ3n) is 6.46. The Morgan fingerprint density at radius 3 is 2.59 bits per heavy atom. The molecule has 0 amide bonds. The molecular formula is C27H22N4O5S. The molecule has 186 valence electrons. The second kappa shape index (κ2) is 9.28. The van der Waals surface area contributed by atoms with Gasteiger partial charge in [-0.2, -0.15) is 14.6 Å². The van der Waals surface area contributed by atoms with Gasteiger partial charge in [-0.05, 0) is 59.5 Å². The maximum absolute atomic E-state index is 13.3. The Morgan fingerprint density at radius 1 is 1.00 bits per heavy atom. The minimum atomic E-state index is -3.66. The van der Waals surface area contributed by atoms with Gasteiger partial charge in [0.15, 0.2) is 11.5 Å². The normalized spacial score (nSPS) is 14.7. The Hall–Kier alpha value is -4.33. The van der Waals surface area contributed by atoms with Gasteiger partial charge in [0.1, 0.15) is 6.07 Å². The molecule has 0 saturated carbocycles. The number of hydrogen-bond donors (Lipinski definition) is 1. The Bertz CT molecular complexity index is 1620. The first kappa shape index (κ1) is 23.1. The van der Waals surface area contributed by atoms with Crippen molar-refractivity contribution in [2.24, 2.45) is 0 Å². The maximum Gasteiger partial charge on any atom is 0.243 e. The number of nitrogens with one attached hydrogen (secondary N) is 1. The summed E-state index contributed by atoms with van der Waals surface area (Å²) in [5.41, 5.74) is 3.80. The number of oxazole rings is 1. The van der Waals surface area contributed by atoms with Crippen molar-refractivity contribution in [3.05, 3.63) is 89.1 Å². The molecule has 3 aromatic carbocycles. The Balaban J connectivity index is 1.18. The Morgan fingerprint density at radius 2 is 1.78 bits per heavy atom. The van der Waals surface area contributed by atoms with Gasteiger partial charge in [0.25, 0.3) is 0 Å². The van der Waals surface area contributed by atoms with Crippen LogP contribution in [0.4, 0.5) is 5.88 Å². The smallest absolute Gasteiger partial charge is 0.243 e. The number of fused-ring (bicyclic) bond motifs is 2. The number of sulfonamides is 1. The molecule has 9 nitrogen and oxygen atoms in total. The molecule has 0 saturated heterocycles. The summed E-state index contributed by atoms with van der Waals surface area (Å²) in [6.07, 6.45) is 0.683. The molecule has 0 atom stereocenters. The van der Waals surface area contributed by atoms with E-state index in [1.807, 2.05) is 48.5 Å². The summed E-state index contributed by atoms with van der Waals surface area (Å²) < 4.78 is 44.6. The van der Waals surface area contributed by atoms with Crippen molar-refractivity contribution in [1.29, 1.82) is 5.26 Å². The van der Waals surface area contributed by atoms with Crippen LogP contribution >= 0.6 is 0 Å². The van der Waals surface area contributed by atoms with Crippen LogP contribution in [0.15, 0.2) is 76.0 Å². The highest BCUT2D eigenvalue weighted by Gasteiger charge is 2.28. The van der Waals surface area contributed by atoms with Crippen LogP contribution < -0.4 is 14.8 Å². The lowest BCUT2D eigenvalue weighted by Crippen LogP contribution is -2.35. The van der Waals surface area contributed by atoms with E-state index in [-0.39, 0.29) is 29.2 Å². The van der Waals surface area contributed by atoms with Gasteiger partial charge in [0.05, 0.1) is 4.90 Å². The monoisotopic (exact) mass is 514 g/mol. The van der Waals surface area contributed by atoms with Gasteiger partial charge in [-0.25, -0.2) is 8.42 Å².